The van der Waals surface area contributed by atoms with Gasteiger partial charge in [0.05, 0.1) is 30.8 Å². The average molecular weight is 462 g/mol. The van der Waals surface area contributed by atoms with Crippen molar-refractivity contribution in [1.82, 2.24) is 19.6 Å². The van der Waals surface area contributed by atoms with Crippen molar-refractivity contribution in [2.75, 3.05) is 59.0 Å². The molecule has 1 aromatic rings. The van der Waals surface area contributed by atoms with E-state index < -0.39 is 0 Å². The first-order chi connectivity index (χ1) is 13.6. The molecule has 0 aliphatic carbocycles. The highest BCUT2D eigenvalue weighted by molar-refractivity contribution is 6.21. The Balaban J connectivity index is 0.00000181. The molecule has 6 rings (SSSR count). The van der Waals surface area contributed by atoms with Gasteiger partial charge in [-0.05, 0) is 18.6 Å². The summed E-state index contributed by atoms with van der Waals surface area (Å²) >= 11 is 0. The Bertz CT molecular complexity index is 839. The smallest absolute Gasteiger partial charge is 0.265 e. The highest BCUT2D eigenvalue weighted by Gasteiger charge is 2.68. The molecule has 0 bridgehead atoms. The van der Waals surface area contributed by atoms with Crippen LogP contribution in [0.1, 0.15) is 34.1 Å². The van der Waals surface area contributed by atoms with Gasteiger partial charge in [0.2, 0.25) is 0 Å². The van der Waals surface area contributed by atoms with Crippen molar-refractivity contribution in [3.8, 4) is 0 Å². The number of benzene rings is 1. The number of hydrogen-bond acceptors (Lipinski definition) is 5. The molecule has 5 heterocycles. The molecule has 0 N–H and O–H groups in total. The summed E-state index contributed by atoms with van der Waals surface area (Å²) in [5.41, 5.74) is 1.06. The third-order valence-corrected chi connectivity index (χ3v) is 8.23. The molecule has 5 aliphatic heterocycles. The van der Waals surface area contributed by atoms with Crippen molar-refractivity contribution >= 4 is 11.8 Å². The van der Waals surface area contributed by atoms with Gasteiger partial charge in [-0.3, -0.25) is 23.9 Å². The molecule has 3 atom stereocenters. The van der Waals surface area contributed by atoms with Crippen LogP contribution in [0.15, 0.2) is 24.3 Å². The largest absolute Gasteiger partial charge is 1.00 e. The molecule has 8 heteroatoms. The molecule has 5 aliphatic rings. The summed E-state index contributed by atoms with van der Waals surface area (Å²) in [6, 6.07) is 7.27. The number of halogens is 1. The molecule has 29 heavy (non-hydrogen) atoms. The Morgan fingerprint density at radius 2 is 1.55 bits per heavy atom. The van der Waals surface area contributed by atoms with Crippen molar-refractivity contribution in [2.45, 2.75) is 25.2 Å². The predicted octanol–water partition coefficient (Wildman–Crippen LogP) is -2.55. The van der Waals surface area contributed by atoms with Crippen molar-refractivity contribution < 1.29 is 31.1 Å². The minimum absolute atomic E-state index is 0. The van der Waals surface area contributed by atoms with E-state index in [0.29, 0.717) is 24.0 Å². The number of amides is 2. The first-order valence-corrected chi connectivity index (χ1v) is 10.6. The molecule has 0 saturated carbocycles. The van der Waals surface area contributed by atoms with E-state index in [1.54, 1.807) is 12.1 Å². The van der Waals surface area contributed by atoms with E-state index >= 15 is 0 Å². The minimum Gasteiger partial charge on any atom is -1.00 e. The van der Waals surface area contributed by atoms with Gasteiger partial charge < -0.3 is 17.0 Å². The summed E-state index contributed by atoms with van der Waals surface area (Å²) in [4.78, 5) is 35.6. The fraction of sp³-hybridized carbons (Fsp3) is 0.619. The number of rotatable bonds is 2. The van der Waals surface area contributed by atoms with Crippen LogP contribution in [0.5, 0.6) is 0 Å². The quantitative estimate of drug-likeness (QED) is 0.358. The maximum absolute atomic E-state index is 13.1. The Kier molecular flexibility index (Phi) is 4.46. The molecule has 1 unspecified atom stereocenters. The normalized spacial score (nSPS) is 36.7. The average Bonchev–Trinajstić information content (AvgIpc) is 3.14. The maximum Gasteiger partial charge on any atom is 0.265 e. The SMILES string of the molecule is C[C@]12[C@H]3N4CCCN3CC[N+]1(CN1C(=O)c3ccccc3C1=O)CCN2CC4.[Br-]. The summed E-state index contributed by atoms with van der Waals surface area (Å²) in [5, 5.41) is 0. The van der Waals surface area contributed by atoms with Crippen LogP contribution >= 0.6 is 0 Å². The topological polar surface area (TPSA) is 47.1 Å². The number of carbonyl (C=O) groups excluding carboxylic acids is 2. The number of imide groups is 1. The van der Waals surface area contributed by atoms with Crippen molar-refractivity contribution in [3.05, 3.63) is 35.4 Å². The molecule has 156 valence electrons. The third-order valence-electron chi connectivity index (χ3n) is 8.23. The number of hydrogen-bond donors (Lipinski definition) is 0. The van der Waals surface area contributed by atoms with Crippen LogP contribution in [-0.4, -0.2) is 107 Å². The van der Waals surface area contributed by atoms with Gasteiger partial charge in [-0.2, -0.15) is 0 Å². The molecule has 0 spiro atoms. The number of quaternary nitrogens is 1. The number of nitrogens with zero attached hydrogens (tertiary/aromatic N) is 5. The minimum atomic E-state index is -0.117. The van der Waals surface area contributed by atoms with Crippen LogP contribution in [-0.2, 0) is 0 Å². The molecule has 1 aromatic carbocycles. The highest BCUT2D eigenvalue weighted by atomic mass is 79.9. The zero-order valence-corrected chi connectivity index (χ0v) is 18.5. The zero-order valence-electron chi connectivity index (χ0n) is 16.9. The zero-order chi connectivity index (χ0) is 19.1. The Labute approximate surface area is 182 Å². The van der Waals surface area contributed by atoms with Gasteiger partial charge in [0, 0.05) is 39.6 Å². The highest BCUT2D eigenvalue weighted by Crippen LogP contribution is 2.47. The summed E-state index contributed by atoms with van der Waals surface area (Å²) in [5.74, 6) is -0.234. The monoisotopic (exact) mass is 461 g/mol. The molecule has 0 radical (unpaired) electrons. The summed E-state index contributed by atoms with van der Waals surface area (Å²) < 4.78 is 0.829. The first-order valence-electron chi connectivity index (χ1n) is 10.6. The van der Waals surface area contributed by atoms with Gasteiger partial charge in [0.25, 0.3) is 11.8 Å². The molecule has 0 aromatic heterocycles. The van der Waals surface area contributed by atoms with Gasteiger partial charge in [-0.25, -0.2) is 9.80 Å². The second kappa shape index (κ2) is 6.59. The number of piperazine rings is 2. The van der Waals surface area contributed by atoms with Gasteiger partial charge in [0.15, 0.2) is 12.3 Å². The lowest BCUT2D eigenvalue weighted by Crippen LogP contribution is -3.00. The van der Waals surface area contributed by atoms with Crippen molar-refractivity contribution in [3.63, 3.8) is 0 Å². The Morgan fingerprint density at radius 1 is 0.931 bits per heavy atom. The first kappa shape index (κ1) is 19.6. The molecular weight excluding hydrogens is 434 g/mol. The van der Waals surface area contributed by atoms with Crippen LogP contribution in [0, 0.1) is 0 Å². The molecule has 7 nitrogen and oxygen atoms in total. The summed E-state index contributed by atoms with van der Waals surface area (Å²) in [7, 11) is 0. The van der Waals surface area contributed by atoms with Crippen molar-refractivity contribution in [1.29, 1.82) is 0 Å². The third kappa shape index (κ3) is 2.38. The van der Waals surface area contributed by atoms with Crippen LogP contribution in [0.25, 0.3) is 0 Å². The standard InChI is InChI=1S/C21H28N5O2.BrH/c1-21-20-22-7-4-8-23(20)11-13-26(21,14-12-24(21)10-9-22)15-25-18(27)16-5-2-3-6-17(16)19(25)28;/h2-3,5-6,20H,4,7-15H2,1H3;1H/q+1;/p-1/t20-,21+,26?;/m0./s1. The molecule has 4 saturated heterocycles. The number of carbonyl (C=O) groups is 2. The van der Waals surface area contributed by atoms with Gasteiger partial charge >= 0.3 is 0 Å². The molecular formula is C21H28BrN5O2. The van der Waals surface area contributed by atoms with Gasteiger partial charge in [-0.1, -0.05) is 12.1 Å². The van der Waals surface area contributed by atoms with E-state index in [2.05, 4.69) is 21.6 Å². The maximum atomic E-state index is 13.1. The van der Waals surface area contributed by atoms with E-state index in [9.17, 15) is 9.59 Å². The lowest BCUT2D eigenvalue weighted by Gasteiger charge is -2.65. The van der Waals surface area contributed by atoms with E-state index in [4.69, 9.17) is 0 Å². The fourth-order valence-electron chi connectivity index (χ4n) is 6.75. The van der Waals surface area contributed by atoms with Crippen LogP contribution in [0.4, 0.5) is 0 Å². The van der Waals surface area contributed by atoms with E-state index in [-0.39, 0.29) is 34.5 Å². The second-order valence-electron chi connectivity index (χ2n) is 9.20. The van der Waals surface area contributed by atoms with Gasteiger partial charge in [-0.15, -0.1) is 0 Å². The van der Waals surface area contributed by atoms with Crippen LogP contribution in [0.3, 0.4) is 0 Å². The predicted molar refractivity (Wildman–Crippen MR) is 103 cm³/mol. The summed E-state index contributed by atoms with van der Waals surface area (Å²) in [6.07, 6.45) is 1.63. The van der Waals surface area contributed by atoms with E-state index in [1.165, 1.54) is 11.3 Å². The lowest BCUT2D eigenvalue weighted by molar-refractivity contribution is -0.985. The van der Waals surface area contributed by atoms with Crippen LogP contribution in [0.2, 0.25) is 0 Å². The molecule has 2 amide bonds. The number of fused-ring (bicyclic) bond motifs is 1. The second-order valence-corrected chi connectivity index (χ2v) is 9.20. The van der Waals surface area contributed by atoms with E-state index in [0.717, 1.165) is 56.8 Å². The van der Waals surface area contributed by atoms with Crippen LogP contribution < -0.4 is 17.0 Å². The summed E-state index contributed by atoms with van der Waals surface area (Å²) in [6.45, 7) is 11.6. The van der Waals surface area contributed by atoms with Gasteiger partial charge in [0.1, 0.15) is 6.17 Å². The Morgan fingerprint density at radius 3 is 2.24 bits per heavy atom. The molecule has 4 fully saturated rings. The Hall–Kier alpha value is -1.32. The van der Waals surface area contributed by atoms with E-state index in [1.807, 2.05) is 12.1 Å². The lowest BCUT2D eigenvalue weighted by atomic mass is 9.92. The fourth-order valence-corrected chi connectivity index (χ4v) is 6.75. The van der Waals surface area contributed by atoms with Crippen molar-refractivity contribution in [2.24, 2.45) is 0 Å².